The molecule has 2 aliphatic rings. The number of hydrogen-bond acceptors (Lipinski definition) is 5. The number of nitrogens with one attached hydrogen (secondary N) is 3. The summed E-state index contributed by atoms with van der Waals surface area (Å²) in [5.41, 5.74) is 2.29. The van der Waals surface area contributed by atoms with Gasteiger partial charge >= 0.3 is 0 Å². The van der Waals surface area contributed by atoms with Crippen molar-refractivity contribution in [3.05, 3.63) is 18.1 Å². The molecule has 0 bridgehead atoms. The molecule has 3 N–H and O–H groups in total. The van der Waals surface area contributed by atoms with Crippen molar-refractivity contribution in [1.29, 1.82) is 0 Å². The molecule has 0 atom stereocenters. The number of aromatic amines is 1. The van der Waals surface area contributed by atoms with E-state index in [0.717, 1.165) is 44.1 Å². The van der Waals surface area contributed by atoms with Crippen LogP contribution >= 0.6 is 0 Å². The largest absolute Gasteiger partial charge is 0.381 e. The van der Waals surface area contributed by atoms with E-state index in [9.17, 15) is 0 Å². The zero-order valence-electron chi connectivity index (χ0n) is 15.1. The van der Waals surface area contributed by atoms with Crippen LogP contribution in [-0.4, -0.2) is 46.8 Å². The van der Waals surface area contributed by atoms with E-state index in [4.69, 9.17) is 4.74 Å². The first-order chi connectivity index (χ1) is 12.3. The van der Waals surface area contributed by atoms with Crippen LogP contribution in [0.2, 0.25) is 0 Å². The van der Waals surface area contributed by atoms with Crippen LogP contribution in [0, 0.1) is 0 Å². The number of nitrogens with zero attached hydrogens (tertiary/aromatic N) is 2. The fraction of sp³-hybridized carbons (Fsp3) is 0.684. The molecule has 3 heterocycles. The molecule has 1 saturated heterocycles. The maximum Gasteiger partial charge on any atom is 0.143 e. The standard InChI is InChI=1S/C19H29N5O/c1-2-20-14-3-5-15(6-4-14)24-19-17-16(13-7-9-25-10-8-13)11-21-18(17)22-12-23-19/h11-15,20H,2-10H2,1H3,(H2,21,22,23,24). The van der Waals surface area contributed by atoms with Crippen LogP contribution < -0.4 is 10.6 Å². The van der Waals surface area contributed by atoms with Crippen LogP contribution in [0.5, 0.6) is 0 Å². The van der Waals surface area contributed by atoms with Crippen molar-refractivity contribution in [2.75, 3.05) is 25.1 Å². The molecule has 25 heavy (non-hydrogen) atoms. The highest BCUT2D eigenvalue weighted by molar-refractivity contribution is 5.90. The minimum absolute atomic E-state index is 0.505. The number of ether oxygens (including phenoxy) is 1. The molecular formula is C19H29N5O. The molecule has 0 aromatic carbocycles. The summed E-state index contributed by atoms with van der Waals surface area (Å²) in [5, 5.41) is 8.48. The predicted octanol–water partition coefficient (Wildman–Crippen LogP) is 3.18. The quantitative estimate of drug-likeness (QED) is 0.777. The van der Waals surface area contributed by atoms with E-state index in [1.165, 1.54) is 36.6 Å². The maximum atomic E-state index is 5.53. The number of hydrogen-bond donors (Lipinski definition) is 3. The topological polar surface area (TPSA) is 74.9 Å². The summed E-state index contributed by atoms with van der Waals surface area (Å²) >= 11 is 0. The van der Waals surface area contributed by atoms with Crippen molar-refractivity contribution in [2.45, 2.75) is 63.5 Å². The van der Waals surface area contributed by atoms with Crippen LogP contribution in [0.4, 0.5) is 5.82 Å². The number of aromatic nitrogens is 3. The summed E-state index contributed by atoms with van der Waals surface area (Å²) in [5.74, 6) is 1.54. The first-order valence-corrected chi connectivity index (χ1v) is 9.74. The number of rotatable bonds is 5. The Kier molecular flexibility index (Phi) is 5.17. The summed E-state index contributed by atoms with van der Waals surface area (Å²) < 4.78 is 5.53. The van der Waals surface area contributed by atoms with Gasteiger partial charge in [-0.2, -0.15) is 0 Å². The van der Waals surface area contributed by atoms with E-state index >= 15 is 0 Å². The van der Waals surface area contributed by atoms with Crippen LogP contribution in [0.1, 0.15) is 56.9 Å². The van der Waals surface area contributed by atoms with E-state index in [0.29, 0.717) is 18.0 Å². The Morgan fingerprint density at radius 2 is 1.84 bits per heavy atom. The second-order valence-corrected chi connectivity index (χ2v) is 7.33. The molecule has 0 amide bonds. The normalized spacial score (nSPS) is 25.3. The van der Waals surface area contributed by atoms with Gasteiger partial charge in [-0.25, -0.2) is 9.97 Å². The average molecular weight is 343 g/mol. The number of anilines is 1. The Morgan fingerprint density at radius 3 is 2.60 bits per heavy atom. The van der Waals surface area contributed by atoms with Crippen molar-refractivity contribution in [3.8, 4) is 0 Å². The van der Waals surface area contributed by atoms with Crippen molar-refractivity contribution >= 4 is 16.9 Å². The van der Waals surface area contributed by atoms with Gasteiger partial charge < -0.3 is 20.4 Å². The molecule has 0 unspecified atom stereocenters. The lowest BCUT2D eigenvalue weighted by atomic mass is 9.90. The monoisotopic (exact) mass is 343 g/mol. The van der Waals surface area contributed by atoms with Gasteiger partial charge in [0.15, 0.2) is 0 Å². The first-order valence-electron chi connectivity index (χ1n) is 9.74. The Balaban J connectivity index is 1.52. The van der Waals surface area contributed by atoms with E-state index in [-0.39, 0.29) is 0 Å². The zero-order valence-corrected chi connectivity index (χ0v) is 15.1. The second-order valence-electron chi connectivity index (χ2n) is 7.33. The van der Waals surface area contributed by atoms with Crippen molar-refractivity contribution in [3.63, 3.8) is 0 Å². The van der Waals surface area contributed by atoms with Crippen LogP contribution in [0.15, 0.2) is 12.5 Å². The molecule has 6 nitrogen and oxygen atoms in total. The summed E-state index contributed by atoms with van der Waals surface area (Å²) in [6, 6.07) is 1.18. The third-order valence-corrected chi connectivity index (χ3v) is 5.72. The minimum Gasteiger partial charge on any atom is -0.381 e. The lowest BCUT2D eigenvalue weighted by Gasteiger charge is -2.30. The van der Waals surface area contributed by atoms with Gasteiger partial charge in [-0.15, -0.1) is 0 Å². The minimum atomic E-state index is 0.505. The average Bonchev–Trinajstić information content (AvgIpc) is 3.10. The molecule has 2 aromatic rings. The lowest BCUT2D eigenvalue weighted by molar-refractivity contribution is 0.0856. The SMILES string of the molecule is CCNC1CCC(Nc2ncnc3[nH]cc(C4CCOCC4)c23)CC1. The van der Waals surface area contributed by atoms with E-state index in [1.54, 1.807) is 6.33 Å². The van der Waals surface area contributed by atoms with Crippen molar-refractivity contribution in [1.82, 2.24) is 20.3 Å². The van der Waals surface area contributed by atoms with E-state index < -0.39 is 0 Å². The molecule has 136 valence electrons. The molecule has 1 aliphatic carbocycles. The van der Waals surface area contributed by atoms with Crippen molar-refractivity contribution < 1.29 is 4.74 Å². The van der Waals surface area contributed by atoms with E-state index in [2.05, 4.69) is 38.7 Å². The van der Waals surface area contributed by atoms with Crippen LogP contribution in [-0.2, 0) is 4.74 Å². The van der Waals surface area contributed by atoms with Gasteiger partial charge in [-0.1, -0.05) is 6.92 Å². The number of H-pyrrole nitrogens is 1. The molecule has 2 aromatic heterocycles. The smallest absolute Gasteiger partial charge is 0.143 e. The highest BCUT2D eigenvalue weighted by Gasteiger charge is 2.24. The van der Waals surface area contributed by atoms with E-state index in [1.807, 2.05) is 0 Å². The molecule has 4 rings (SSSR count). The van der Waals surface area contributed by atoms with Gasteiger partial charge in [0.2, 0.25) is 0 Å². The first kappa shape index (κ1) is 16.8. The molecule has 6 heteroatoms. The summed E-state index contributed by atoms with van der Waals surface area (Å²) in [7, 11) is 0. The summed E-state index contributed by atoms with van der Waals surface area (Å²) in [6.45, 7) is 4.95. The van der Waals surface area contributed by atoms with Gasteiger partial charge in [-0.3, -0.25) is 0 Å². The van der Waals surface area contributed by atoms with Crippen molar-refractivity contribution in [2.24, 2.45) is 0 Å². The molecule has 0 radical (unpaired) electrons. The van der Waals surface area contributed by atoms with Gasteiger partial charge in [0, 0.05) is 31.5 Å². The highest BCUT2D eigenvalue weighted by atomic mass is 16.5. The molecule has 1 aliphatic heterocycles. The molecule has 2 fully saturated rings. The Bertz CT molecular complexity index is 686. The lowest BCUT2D eigenvalue weighted by Crippen LogP contribution is -2.36. The fourth-order valence-electron chi connectivity index (χ4n) is 4.35. The highest BCUT2D eigenvalue weighted by Crippen LogP contribution is 2.35. The summed E-state index contributed by atoms with van der Waals surface area (Å²) in [6.07, 6.45) is 10.8. The van der Waals surface area contributed by atoms with Crippen LogP contribution in [0.3, 0.4) is 0 Å². The number of fused-ring (bicyclic) bond motifs is 1. The molecule has 0 spiro atoms. The van der Waals surface area contributed by atoms with Gasteiger partial charge in [0.05, 0.1) is 5.39 Å². The second kappa shape index (κ2) is 7.70. The summed E-state index contributed by atoms with van der Waals surface area (Å²) in [4.78, 5) is 12.4. The van der Waals surface area contributed by atoms with Crippen LogP contribution in [0.25, 0.3) is 11.0 Å². The third kappa shape index (κ3) is 3.65. The molecule has 1 saturated carbocycles. The van der Waals surface area contributed by atoms with Gasteiger partial charge in [0.25, 0.3) is 0 Å². The molecular weight excluding hydrogens is 314 g/mol. The van der Waals surface area contributed by atoms with Gasteiger partial charge in [-0.05, 0) is 56.6 Å². The Labute approximate surface area is 149 Å². The Hall–Kier alpha value is -1.66. The Morgan fingerprint density at radius 1 is 1.08 bits per heavy atom. The predicted molar refractivity (Wildman–Crippen MR) is 100 cm³/mol. The fourth-order valence-corrected chi connectivity index (χ4v) is 4.35. The van der Waals surface area contributed by atoms with Gasteiger partial charge in [0.1, 0.15) is 17.8 Å². The zero-order chi connectivity index (χ0) is 17.1. The third-order valence-electron chi connectivity index (χ3n) is 5.72. The maximum absolute atomic E-state index is 5.53.